The lowest BCUT2D eigenvalue weighted by atomic mass is 9.80. The van der Waals surface area contributed by atoms with E-state index in [1.807, 2.05) is 26.0 Å². The molecule has 7 nitrogen and oxygen atoms in total. The molecule has 1 N–H and O–H groups in total. The molecule has 2 heterocycles. The van der Waals surface area contributed by atoms with Gasteiger partial charge in [-0.15, -0.1) is 0 Å². The number of aromatic nitrogens is 2. The summed E-state index contributed by atoms with van der Waals surface area (Å²) in [7, 11) is -3.80. The lowest BCUT2D eigenvalue weighted by Gasteiger charge is -2.34. The second-order valence-corrected chi connectivity index (χ2v) is 10.2. The molecule has 2 aromatic rings. The van der Waals surface area contributed by atoms with Crippen LogP contribution in [0.15, 0.2) is 30.3 Å². The van der Waals surface area contributed by atoms with Crippen LogP contribution in [0.25, 0.3) is 11.3 Å². The van der Waals surface area contributed by atoms with Crippen molar-refractivity contribution in [3.05, 3.63) is 52.0 Å². The fourth-order valence-corrected chi connectivity index (χ4v) is 5.28. The number of nitrogens with zero attached hydrogens (tertiary/aromatic N) is 2. The van der Waals surface area contributed by atoms with Crippen LogP contribution in [-0.2, 0) is 19.1 Å². The van der Waals surface area contributed by atoms with Crippen molar-refractivity contribution in [2.75, 3.05) is 6.26 Å². The van der Waals surface area contributed by atoms with Gasteiger partial charge in [0.2, 0.25) is 0 Å². The monoisotopic (exact) mass is 449 g/mol. The van der Waals surface area contributed by atoms with Gasteiger partial charge in [-0.1, -0.05) is 30.9 Å². The number of hydrogen-bond donors (Lipinski definition) is 1. The maximum Gasteiger partial charge on any atom is 0.306 e. The molecule has 4 rings (SSSR count). The number of aryl methyl sites for hydroxylation is 2. The highest BCUT2D eigenvalue weighted by Gasteiger charge is 2.49. The van der Waals surface area contributed by atoms with Crippen molar-refractivity contribution in [3.8, 4) is 5.69 Å². The Labute approximate surface area is 181 Å². The molecule has 1 aromatic carbocycles. The number of carbonyl (C=O) groups excluding carboxylic acids is 1. The van der Waals surface area contributed by atoms with Crippen LogP contribution in [-0.4, -0.2) is 35.9 Å². The molecule has 0 saturated heterocycles. The molecule has 9 heteroatoms. The third-order valence-corrected chi connectivity index (χ3v) is 6.43. The largest absolute Gasteiger partial charge is 0.384 e. The summed E-state index contributed by atoms with van der Waals surface area (Å²) in [6, 6.07) is 3.80. The summed E-state index contributed by atoms with van der Waals surface area (Å²) in [6.07, 6.45) is 8.45. The van der Waals surface area contributed by atoms with E-state index in [4.69, 9.17) is 15.8 Å². The molecule has 160 valence electrons. The molecule has 0 radical (unpaired) electrons. The number of rotatable bonds is 4. The van der Waals surface area contributed by atoms with Crippen LogP contribution < -0.4 is 5.32 Å². The molecule has 1 spiro atoms. The highest BCUT2D eigenvalue weighted by Crippen LogP contribution is 2.45. The predicted molar refractivity (Wildman–Crippen MR) is 115 cm³/mol. The van der Waals surface area contributed by atoms with Gasteiger partial charge in [0.1, 0.15) is 5.54 Å². The van der Waals surface area contributed by atoms with Crippen molar-refractivity contribution in [1.29, 1.82) is 0 Å². The van der Waals surface area contributed by atoms with E-state index in [1.165, 1.54) is 0 Å². The third-order valence-electron chi connectivity index (χ3n) is 5.77. The minimum Gasteiger partial charge on any atom is -0.384 e. The highest BCUT2D eigenvalue weighted by atomic mass is 35.5. The fraction of sp³-hybridized carbons (Fsp3) is 0.429. The van der Waals surface area contributed by atoms with Gasteiger partial charge in [0.15, 0.2) is 5.76 Å². The maximum atomic E-state index is 13.1. The average Bonchev–Trinajstić information content (AvgIpc) is 3.18. The normalized spacial score (nSPS) is 18.7. The summed E-state index contributed by atoms with van der Waals surface area (Å²) in [5.74, 6) is -0.0626. The zero-order valence-electron chi connectivity index (χ0n) is 17.2. The van der Waals surface area contributed by atoms with Crippen LogP contribution in [0.4, 0.5) is 0 Å². The average molecular weight is 450 g/mol. The highest BCUT2D eigenvalue weighted by molar-refractivity contribution is 7.86. The minimum absolute atomic E-state index is 0.232. The number of halogens is 1. The number of amides is 1. The van der Waals surface area contributed by atoms with E-state index >= 15 is 0 Å². The van der Waals surface area contributed by atoms with E-state index in [-0.39, 0.29) is 11.7 Å². The number of carbonyl (C=O) groups is 1. The summed E-state index contributed by atoms with van der Waals surface area (Å²) in [4.78, 5) is 13.1. The Balaban J connectivity index is 1.90. The molecule has 1 aromatic heterocycles. The van der Waals surface area contributed by atoms with Crippen LogP contribution in [0.3, 0.4) is 0 Å². The molecule has 30 heavy (non-hydrogen) atoms. The molecule has 1 aliphatic heterocycles. The standard InChI is InChI=1S/C21H24ClN3O4S/c1-13-9-16(25-12-15(22)11-23-25)10-14(2)17(13)18-19(29-30(3,27)28)21(24-20(18)26)7-5-4-6-8-21/h9-12H,4-8H2,1-3H3,(H,24,26). The van der Waals surface area contributed by atoms with Gasteiger partial charge in [0.05, 0.1) is 28.7 Å². The van der Waals surface area contributed by atoms with Crippen LogP contribution in [0, 0.1) is 13.8 Å². The second-order valence-electron chi connectivity index (χ2n) is 8.15. The zero-order valence-corrected chi connectivity index (χ0v) is 18.7. The van der Waals surface area contributed by atoms with Gasteiger partial charge in [-0.3, -0.25) is 4.79 Å². The fourth-order valence-electron chi connectivity index (χ4n) is 4.60. The molecular weight excluding hydrogens is 426 g/mol. The summed E-state index contributed by atoms with van der Waals surface area (Å²) in [5.41, 5.74) is 2.69. The van der Waals surface area contributed by atoms with Gasteiger partial charge in [0.25, 0.3) is 5.91 Å². The van der Waals surface area contributed by atoms with Crippen molar-refractivity contribution in [2.24, 2.45) is 0 Å². The van der Waals surface area contributed by atoms with Gasteiger partial charge in [-0.2, -0.15) is 13.5 Å². The number of benzene rings is 1. The second kappa shape index (κ2) is 7.42. The van der Waals surface area contributed by atoms with Crippen molar-refractivity contribution < 1.29 is 17.4 Å². The van der Waals surface area contributed by atoms with Gasteiger partial charge < -0.3 is 9.50 Å². The Kier molecular flexibility index (Phi) is 5.18. The van der Waals surface area contributed by atoms with E-state index in [2.05, 4.69) is 10.4 Å². The van der Waals surface area contributed by atoms with Crippen molar-refractivity contribution in [2.45, 2.75) is 51.5 Å². The Hall–Kier alpha value is -2.32. The molecule has 0 bridgehead atoms. The Morgan fingerprint density at radius 2 is 1.80 bits per heavy atom. The lowest BCUT2D eigenvalue weighted by Crippen LogP contribution is -2.46. The molecule has 1 fully saturated rings. The third kappa shape index (κ3) is 3.74. The van der Waals surface area contributed by atoms with E-state index in [9.17, 15) is 13.2 Å². The first-order chi connectivity index (χ1) is 14.1. The van der Waals surface area contributed by atoms with E-state index < -0.39 is 15.7 Å². The quantitative estimate of drug-likeness (QED) is 0.719. The summed E-state index contributed by atoms with van der Waals surface area (Å²) in [5, 5.41) is 7.81. The van der Waals surface area contributed by atoms with E-state index in [1.54, 1.807) is 17.1 Å². The first-order valence-corrected chi connectivity index (χ1v) is 12.1. The zero-order chi connectivity index (χ0) is 21.7. The lowest BCUT2D eigenvalue weighted by molar-refractivity contribution is -0.116. The molecule has 0 atom stereocenters. The SMILES string of the molecule is Cc1cc(-n2cc(Cl)cn2)cc(C)c1C1=C(OS(C)(=O)=O)C2(CCCCC2)NC1=O. The number of hydrogen-bond acceptors (Lipinski definition) is 5. The van der Waals surface area contributed by atoms with Gasteiger partial charge in [0, 0.05) is 6.20 Å². The topological polar surface area (TPSA) is 90.3 Å². The molecule has 1 amide bonds. The van der Waals surface area contributed by atoms with E-state index in [0.717, 1.165) is 42.3 Å². The van der Waals surface area contributed by atoms with Crippen LogP contribution in [0.5, 0.6) is 0 Å². The predicted octanol–water partition coefficient (Wildman–Crippen LogP) is 3.66. The van der Waals surface area contributed by atoms with Crippen molar-refractivity contribution in [3.63, 3.8) is 0 Å². The van der Waals surface area contributed by atoms with Crippen LogP contribution in [0.1, 0.15) is 48.8 Å². The summed E-state index contributed by atoms with van der Waals surface area (Å²) >= 11 is 5.99. The van der Waals surface area contributed by atoms with Crippen LogP contribution in [0.2, 0.25) is 5.02 Å². The van der Waals surface area contributed by atoms with Crippen molar-refractivity contribution in [1.82, 2.24) is 15.1 Å². The first-order valence-electron chi connectivity index (χ1n) is 9.88. The molecule has 1 saturated carbocycles. The maximum absolute atomic E-state index is 13.1. The van der Waals surface area contributed by atoms with Gasteiger partial charge >= 0.3 is 10.1 Å². The van der Waals surface area contributed by atoms with Crippen LogP contribution >= 0.6 is 11.6 Å². The van der Waals surface area contributed by atoms with Gasteiger partial charge in [-0.25, -0.2) is 4.68 Å². The Bertz CT molecular complexity index is 1140. The molecule has 2 aliphatic rings. The molecular formula is C21H24ClN3O4S. The van der Waals surface area contributed by atoms with Crippen molar-refractivity contribution >= 4 is 33.2 Å². The minimum atomic E-state index is -3.80. The molecule has 1 aliphatic carbocycles. The summed E-state index contributed by atoms with van der Waals surface area (Å²) in [6.45, 7) is 3.78. The first kappa shape index (κ1) is 20.9. The van der Waals surface area contributed by atoms with E-state index in [0.29, 0.717) is 29.0 Å². The Morgan fingerprint density at radius 3 is 2.33 bits per heavy atom. The molecule has 0 unspecified atom stereocenters. The Morgan fingerprint density at radius 1 is 1.17 bits per heavy atom. The number of nitrogens with one attached hydrogen (secondary N) is 1. The smallest absolute Gasteiger partial charge is 0.306 e. The summed E-state index contributed by atoms with van der Waals surface area (Å²) < 4.78 is 31.3. The van der Waals surface area contributed by atoms with Gasteiger partial charge in [-0.05, 0) is 55.5 Å².